The quantitative estimate of drug-likeness (QED) is 0.127. The van der Waals surface area contributed by atoms with E-state index >= 15 is 0 Å². The molecule has 52 heavy (non-hydrogen) atoms. The molecule has 0 saturated carbocycles. The average molecular weight is 701 g/mol. The van der Waals surface area contributed by atoms with Crippen molar-refractivity contribution in [1.82, 2.24) is 10.2 Å². The van der Waals surface area contributed by atoms with E-state index in [4.69, 9.17) is 14.2 Å². The fourth-order valence-corrected chi connectivity index (χ4v) is 6.85. The second-order valence-electron chi connectivity index (χ2n) is 13.8. The van der Waals surface area contributed by atoms with Crippen LogP contribution in [0.3, 0.4) is 0 Å². The van der Waals surface area contributed by atoms with Crippen molar-refractivity contribution >= 4 is 22.6 Å². The van der Waals surface area contributed by atoms with Gasteiger partial charge in [0.1, 0.15) is 0 Å². The number of hydrogen-bond acceptors (Lipinski definition) is 7. The second kappa shape index (κ2) is 16.7. The highest BCUT2D eigenvalue weighted by molar-refractivity contribution is 5.83. The van der Waals surface area contributed by atoms with Crippen LogP contribution in [0.5, 0.6) is 0 Å². The number of nitrogens with zero attached hydrogens (tertiary/aromatic N) is 1. The molecule has 2 N–H and O–H groups in total. The smallest absolute Gasteiger partial charge is 0.303 e. The largest absolute Gasteiger partial charge is 0.453 e. The summed E-state index contributed by atoms with van der Waals surface area (Å²) in [7, 11) is 2.15. The molecule has 1 saturated heterocycles. The number of carbonyl (C=O) groups is 2. The van der Waals surface area contributed by atoms with Crippen molar-refractivity contribution in [1.29, 1.82) is 0 Å². The Balaban J connectivity index is 1.23. The standard InChI is InChI=1S/C44H48N2O6/c1-28-41(26-46(5)29(2)36-21-20-34-11-6-7-12-38(34)23-36)51-44(52-42(28)35-18-16-32(27-47)17-19-35)40-15-9-14-39(24-40)37-13-8-10-33(22-37)25-45-43(49)30(3)50-31(4)48/h6-24,28-30,41-42,44,47H,25-27H2,1-5H3,(H,45,49)/t28-,29+,30-,41+,42+,44+/m0/s1. The van der Waals surface area contributed by atoms with E-state index in [0.717, 1.165) is 33.4 Å². The first-order chi connectivity index (χ1) is 25.1. The van der Waals surface area contributed by atoms with Crippen LogP contribution in [0.15, 0.2) is 115 Å². The Labute approximate surface area is 306 Å². The first-order valence-corrected chi connectivity index (χ1v) is 17.9. The Morgan fingerprint density at radius 2 is 1.52 bits per heavy atom. The van der Waals surface area contributed by atoms with E-state index in [1.807, 2.05) is 60.7 Å². The lowest BCUT2D eigenvalue weighted by Gasteiger charge is -2.43. The van der Waals surface area contributed by atoms with E-state index in [1.165, 1.54) is 23.3 Å². The molecule has 0 radical (unpaired) electrons. The lowest BCUT2D eigenvalue weighted by atomic mass is 9.89. The van der Waals surface area contributed by atoms with Crippen LogP contribution in [0, 0.1) is 5.92 Å². The molecule has 1 heterocycles. The molecule has 6 atom stereocenters. The van der Waals surface area contributed by atoms with Gasteiger partial charge in [0.15, 0.2) is 12.4 Å². The molecule has 8 heteroatoms. The van der Waals surface area contributed by atoms with Gasteiger partial charge in [0.25, 0.3) is 5.91 Å². The van der Waals surface area contributed by atoms with E-state index in [1.54, 1.807) is 6.92 Å². The third-order valence-corrected chi connectivity index (χ3v) is 10.1. The Hall–Kier alpha value is -4.86. The Kier molecular flexibility index (Phi) is 11.8. The number of nitrogens with one attached hydrogen (secondary N) is 1. The molecule has 0 aromatic heterocycles. The zero-order valence-electron chi connectivity index (χ0n) is 30.5. The molecule has 0 unspecified atom stereocenters. The van der Waals surface area contributed by atoms with Crippen molar-refractivity contribution in [2.24, 2.45) is 5.92 Å². The number of benzene rings is 5. The zero-order valence-corrected chi connectivity index (χ0v) is 30.5. The van der Waals surface area contributed by atoms with Crippen LogP contribution in [-0.4, -0.2) is 47.7 Å². The first kappa shape index (κ1) is 36.9. The van der Waals surface area contributed by atoms with Crippen molar-refractivity contribution < 1.29 is 28.9 Å². The number of esters is 1. The molecule has 1 amide bonds. The van der Waals surface area contributed by atoms with Crippen molar-refractivity contribution in [3.8, 4) is 11.1 Å². The number of amides is 1. The number of aliphatic hydroxyl groups excluding tert-OH is 1. The maximum atomic E-state index is 12.4. The number of rotatable bonds is 12. The summed E-state index contributed by atoms with van der Waals surface area (Å²) < 4.78 is 18.6. The highest BCUT2D eigenvalue weighted by atomic mass is 16.7. The monoisotopic (exact) mass is 700 g/mol. The predicted molar refractivity (Wildman–Crippen MR) is 203 cm³/mol. The van der Waals surface area contributed by atoms with Crippen LogP contribution in [0.4, 0.5) is 0 Å². The molecular formula is C44H48N2O6. The number of carbonyl (C=O) groups excluding carboxylic acids is 2. The molecule has 0 bridgehead atoms. The van der Waals surface area contributed by atoms with Gasteiger partial charge in [0.2, 0.25) is 0 Å². The summed E-state index contributed by atoms with van der Waals surface area (Å²) in [5, 5.41) is 15.0. The number of likely N-dealkylation sites (N-methyl/N-ethyl adjacent to an activating group) is 1. The van der Waals surface area contributed by atoms with E-state index in [2.05, 4.69) is 85.7 Å². The van der Waals surface area contributed by atoms with Gasteiger partial charge in [-0.15, -0.1) is 0 Å². The first-order valence-electron chi connectivity index (χ1n) is 17.9. The van der Waals surface area contributed by atoms with Gasteiger partial charge in [-0.05, 0) is 83.2 Å². The molecule has 5 aromatic rings. The lowest BCUT2D eigenvalue weighted by Crippen LogP contribution is -2.44. The van der Waals surface area contributed by atoms with Gasteiger partial charge in [0.05, 0.1) is 18.8 Å². The molecule has 1 aliphatic heterocycles. The maximum Gasteiger partial charge on any atom is 0.303 e. The van der Waals surface area contributed by atoms with Crippen LogP contribution in [0.1, 0.15) is 73.9 Å². The maximum absolute atomic E-state index is 12.4. The topological polar surface area (TPSA) is 97.3 Å². The summed E-state index contributed by atoms with van der Waals surface area (Å²) >= 11 is 0. The summed E-state index contributed by atoms with van der Waals surface area (Å²) in [6.45, 7) is 8.25. The van der Waals surface area contributed by atoms with Gasteiger partial charge in [-0.3, -0.25) is 14.5 Å². The highest BCUT2D eigenvalue weighted by Gasteiger charge is 2.39. The number of fused-ring (bicyclic) bond motifs is 1. The number of aliphatic hydroxyl groups is 1. The predicted octanol–water partition coefficient (Wildman–Crippen LogP) is 8.05. The van der Waals surface area contributed by atoms with Gasteiger partial charge in [-0.1, -0.05) is 104 Å². The van der Waals surface area contributed by atoms with E-state index in [9.17, 15) is 14.7 Å². The summed E-state index contributed by atoms with van der Waals surface area (Å²) in [5.74, 6) is -0.804. The molecule has 270 valence electrons. The Morgan fingerprint density at radius 1 is 0.808 bits per heavy atom. The second-order valence-corrected chi connectivity index (χ2v) is 13.8. The fraction of sp³-hybridized carbons (Fsp3) is 0.318. The third kappa shape index (κ3) is 8.77. The SMILES string of the molecule is CC(=O)O[C@@H](C)C(=O)NCc1cccc(-c2cccc([C@@H]3O[C@H](CN(C)[C@H](C)c4ccc5ccccc5c4)[C@H](C)[C@H](c4ccc(CO)cc4)O3)c2)c1. The van der Waals surface area contributed by atoms with Crippen molar-refractivity contribution in [3.05, 3.63) is 143 Å². The van der Waals surface area contributed by atoms with Crippen molar-refractivity contribution in [3.63, 3.8) is 0 Å². The summed E-state index contributed by atoms with van der Waals surface area (Å²) in [4.78, 5) is 26.0. The Morgan fingerprint density at radius 3 is 2.25 bits per heavy atom. The zero-order chi connectivity index (χ0) is 36.8. The van der Waals surface area contributed by atoms with Crippen LogP contribution in [-0.2, 0) is 37.0 Å². The Bertz CT molecular complexity index is 2000. The minimum atomic E-state index is -0.863. The van der Waals surface area contributed by atoms with Gasteiger partial charge in [-0.25, -0.2) is 0 Å². The molecule has 1 fully saturated rings. The van der Waals surface area contributed by atoms with Gasteiger partial charge < -0.3 is 24.6 Å². The summed E-state index contributed by atoms with van der Waals surface area (Å²) in [5.41, 5.74) is 6.96. The van der Waals surface area contributed by atoms with Crippen LogP contribution in [0.25, 0.3) is 21.9 Å². The third-order valence-electron chi connectivity index (χ3n) is 10.1. The number of hydrogen-bond donors (Lipinski definition) is 2. The molecule has 6 rings (SSSR count). The average Bonchev–Trinajstić information content (AvgIpc) is 3.17. The number of ether oxygens (including phenoxy) is 3. The summed E-state index contributed by atoms with van der Waals surface area (Å²) in [6, 6.07) is 39.5. The normalized spacial score (nSPS) is 20.0. The molecule has 0 aliphatic carbocycles. The summed E-state index contributed by atoms with van der Waals surface area (Å²) in [6.07, 6.45) is -1.85. The van der Waals surface area contributed by atoms with Crippen LogP contribution < -0.4 is 5.32 Å². The molecule has 1 aliphatic rings. The fourth-order valence-electron chi connectivity index (χ4n) is 6.85. The molecular weight excluding hydrogens is 652 g/mol. The van der Waals surface area contributed by atoms with E-state index < -0.39 is 18.4 Å². The minimum Gasteiger partial charge on any atom is -0.453 e. The van der Waals surface area contributed by atoms with E-state index in [0.29, 0.717) is 13.1 Å². The minimum absolute atomic E-state index is 0.0130. The highest BCUT2D eigenvalue weighted by Crippen LogP contribution is 2.43. The van der Waals surface area contributed by atoms with E-state index in [-0.39, 0.29) is 36.7 Å². The van der Waals surface area contributed by atoms with Crippen molar-refractivity contribution in [2.75, 3.05) is 13.6 Å². The van der Waals surface area contributed by atoms with Crippen molar-refractivity contribution in [2.45, 2.75) is 71.5 Å². The molecule has 0 spiro atoms. The molecule has 8 nitrogen and oxygen atoms in total. The molecule has 5 aromatic carbocycles. The van der Waals surface area contributed by atoms with Crippen LogP contribution >= 0.6 is 0 Å². The van der Waals surface area contributed by atoms with Gasteiger partial charge in [-0.2, -0.15) is 0 Å². The van der Waals surface area contributed by atoms with Crippen LogP contribution in [0.2, 0.25) is 0 Å². The van der Waals surface area contributed by atoms with Gasteiger partial charge >= 0.3 is 5.97 Å². The lowest BCUT2D eigenvalue weighted by molar-refractivity contribution is -0.276. The van der Waals surface area contributed by atoms with Gasteiger partial charge in [0, 0.05) is 37.5 Å².